The maximum absolute atomic E-state index is 11.8. The first-order valence-electron chi connectivity index (χ1n) is 6.33. The number of carbonyl (C=O) groups is 3. The number of esters is 3. The molecule has 0 N–H and O–H groups in total. The van der Waals surface area contributed by atoms with E-state index in [0.29, 0.717) is 25.0 Å². The summed E-state index contributed by atoms with van der Waals surface area (Å²) >= 11 is 0. The van der Waals surface area contributed by atoms with Crippen molar-refractivity contribution in [1.82, 2.24) is 0 Å². The molecular formula is C14H14O5. The molecule has 5 heteroatoms. The van der Waals surface area contributed by atoms with E-state index in [2.05, 4.69) is 6.58 Å². The van der Waals surface area contributed by atoms with Gasteiger partial charge in [0.05, 0.1) is 17.8 Å². The minimum absolute atomic E-state index is 0.310. The summed E-state index contributed by atoms with van der Waals surface area (Å²) in [5.74, 6) is -2.02. The average Bonchev–Trinajstić information content (AvgIpc) is 2.81. The van der Waals surface area contributed by atoms with Crippen molar-refractivity contribution in [2.24, 2.45) is 17.8 Å². The van der Waals surface area contributed by atoms with Crippen molar-refractivity contribution in [3.05, 3.63) is 23.5 Å². The lowest BCUT2D eigenvalue weighted by molar-refractivity contribution is -0.153. The Labute approximate surface area is 110 Å². The first-order valence-corrected chi connectivity index (χ1v) is 6.33. The van der Waals surface area contributed by atoms with Crippen molar-refractivity contribution in [2.75, 3.05) is 0 Å². The Hall–Kier alpha value is -1.91. The molecule has 0 aromatic carbocycles. The fourth-order valence-electron chi connectivity index (χ4n) is 3.29. The SMILES string of the molecule is C=C1CC(C2=C(C)C3C(=O)OC(=O)C3CC2)C(=O)O1. The van der Waals surface area contributed by atoms with Gasteiger partial charge in [-0.1, -0.05) is 17.7 Å². The van der Waals surface area contributed by atoms with Crippen LogP contribution >= 0.6 is 0 Å². The number of rotatable bonds is 1. The van der Waals surface area contributed by atoms with E-state index in [1.165, 1.54) is 0 Å². The minimum atomic E-state index is -0.516. The van der Waals surface area contributed by atoms with Gasteiger partial charge in [0, 0.05) is 6.42 Å². The molecule has 2 aliphatic heterocycles. The van der Waals surface area contributed by atoms with E-state index in [1.54, 1.807) is 6.92 Å². The molecule has 0 saturated carbocycles. The third kappa shape index (κ3) is 1.72. The summed E-state index contributed by atoms with van der Waals surface area (Å²) in [7, 11) is 0. The van der Waals surface area contributed by atoms with Gasteiger partial charge in [-0.3, -0.25) is 14.4 Å². The van der Waals surface area contributed by atoms with E-state index in [0.717, 1.165) is 11.1 Å². The minimum Gasteiger partial charge on any atom is -0.431 e. The molecule has 0 bridgehead atoms. The van der Waals surface area contributed by atoms with Crippen molar-refractivity contribution < 1.29 is 23.9 Å². The Kier molecular flexibility index (Phi) is 2.59. The van der Waals surface area contributed by atoms with Gasteiger partial charge in [-0.15, -0.1) is 0 Å². The second-order valence-electron chi connectivity index (χ2n) is 5.29. The Bertz CT molecular complexity index is 542. The zero-order valence-electron chi connectivity index (χ0n) is 10.6. The third-order valence-electron chi connectivity index (χ3n) is 4.24. The fourth-order valence-corrected chi connectivity index (χ4v) is 3.29. The zero-order chi connectivity index (χ0) is 13.7. The molecule has 0 aromatic heterocycles. The van der Waals surface area contributed by atoms with E-state index in [1.807, 2.05) is 0 Å². The van der Waals surface area contributed by atoms with Gasteiger partial charge in [-0.25, -0.2) is 0 Å². The van der Waals surface area contributed by atoms with Gasteiger partial charge >= 0.3 is 17.9 Å². The molecule has 19 heavy (non-hydrogen) atoms. The van der Waals surface area contributed by atoms with Crippen LogP contribution in [-0.2, 0) is 23.9 Å². The molecule has 0 radical (unpaired) electrons. The number of allylic oxidation sites excluding steroid dienone is 1. The molecule has 0 spiro atoms. The molecule has 3 unspecified atom stereocenters. The topological polar surface area (TPSA) is 69.7 Å². The summed E-state index contributed by atoms with van der Waals surface area (Å²) in [6.45, 7) is 5.46. The highest BCUT2D eigenvalue weighted by atomic mass is 16.6. The van der Waals surface area contributed by atoms with Crippen LogP contribution in [0.2, 0.25) is 0 Å². The van der Waals surface area contributed by atoms with E-state index >= 15 is 0 Å². The molecule has 1 aliphatic carbocycles. The lowest BCUT2D eigenvalue weighted by Crippen LogP contribution is -2.27. The van der Waals surface area contributed by atoms with E-state index in [-0.39, 0.29) is 17.8 Å². The predicted molar refractivity (Wildman–Crippen MR) is 63.4 cm³/mol. The highest BCUT2D eigenvalue weighted by molar-refractivity contribution is 5.98. The lowest BCUT2D eigenvalue weighted by atomic mass is 9.73. The summed E-state index contributed by atoms with van der Waals surface area (Å²) < 4.78 is 9.68. The van der Waals surface area contributed by atoms with Crippen molar-refractivity contribution in [2.45, 2.75) is 26.2 Å². The molecule has 3 rings (SSSR count). The Morgan fingerprint density at radius 1 is 1.11 bits per heavy atom. The zero-order valence-corrected chi connectivity index (χ0v) is 10.6. The van der Waals surface area contributed by atoms with Crippen LogP contribution in [0.4, 0.5) is 0 Å². The van der Waals surface area contributed by atoms with E-state index in [4.69, 9.17) is 9.47 Å². The summed E-state index contributed by atoms with van der Waals surface area (Å²) in [5, 5.41) is 0. The van der Waals surface area contributed by atoms with Crippen LogP contribution in [0, 0.1) is 17.8 Å². The number of cyclic esters (lactones) is 3. The van der Waals surface area contributed by atoms with Gasteiger partial charge < -0.3 is 9.47 Å². The summed E-state index contributed by atoms with van der Waals surface area (Å²) in [4.78, 5) is 35.0. The Morgan fingerprint density at radius 2 is 1.84 bits per heavy atom. The smallest absolute Gasteiger partial charge is 0.321 e. The van der Waals surface area contributed by atoms with Gasteiger partial charge in [0.25, 0.3) is 0 Å². The number of carbonyl (C=O) groups excluding carboxylic acids is 3. The quantitative estimate of drug-likeness (QED) is 0.407. The van der Waals surface area contributed by atoms with Gasteiger partial charge in [0.15, 0.2) is 0 Å². The van der Waals surface area contributed by atoms with Crippen LogP contribution in [-0.4, -0.2) is 17.9 Å². The normalized spacial score (nSPS) is 34.5. The lowest BCUT2D eigenvalue weighted by Gasteiger charge is -2.26. The monoisotopic (exact) mass is 262 g/mol. The van der Waals surface area contributed by atoms with Crippen molar-refractivity contribution in [1.29, 1.82) is 0 Å². The molecule has 2 heterocycles. The van der Waals surface area contributed by atoms with Crippen molar-refractivity contribution >= 4 is 17.9 Å². The van der Waals surface area contributed by atoms with Crippen LogP contribution in [0.25, 0.3) is 0 Å². The maximum atomic E-state index is 11.8. The molecule has 100 valence electrons. The number of fused-ring (bicyclic) bond motifs is 1. The standard InChI is InChI=1S/C14H14O5/c1-6-5-10(13(16)18-6)8-3-4-9-11(7(8)2)14(17)19-12(9)15/h9-11H,1,3-5H2,2H3. The summed E-state index contributed by atoms with van der Waals surface area (Å²) in [6.07, 6.45) is 1.65. The van der Waals surface area contributed by atoms with Crippen molar-refractivity contribution in [3.8, 4) is 0 Å². The molecule has 2 fully saturated rings. The van der Waals surface area contributed by atoms with E-state index in [9.17, 15) is 14.4 Å². The maximum Gasteiger partial charge on any atom is 0.321 e. The first-order chi connectivity index (χ1) is 8.99. The van der Waals surface area contributed by atoms with Gasteiger partial charge in [-0.2, -0.15) is 0 Å². The number of hydrogen-bond donors (Lipinski definition) is 0. The Morgan fingerprint density at radius 3 is 2.47 bits per heavy atom. The van der Waals surface area contributed by atoms with Crippen LogP contribution in [0.5, 0.6) is 0 Å². The molecule has 3 atom stereocenters. The van der Waals surface area contributed by atoms with Crippen LogP contribution in [0.3, 0.4) is 0 Å². The largest absolute Gasteiger partial charge is 0.431 e. The molecule has 2 saturated heterocycles. The van der Waals surface area contributed by atoms with E-state index < -0.39 is 17.9 Å². The van der Waals surface area contributed by atoms with Gasteiger partial charge in [0.2, 0.25) is 0 Å². The third-order valence-corrected chi connectivity index (χ3v) is 4.24. The van der Waals surface area contributed by atoms with Crippen molar-refractivity contribution in [3.63, 3.8) is 0 Å². The van der Waals surface area contributed by atoms with Gasteiger partial charge in [-0.05, 0) is 19.8 Å². The summed E-state index contributed by atoms with van der Waals surface area (Å²) in [5.41, 5.74) is 1.71. The molecule has 5 nitrogen and oxygen atoms in total. The summed E-state index contributed by atoms with van der Waals surface area (Å²) in [6, 6.07) is 0. The van der Waals surface area contributed by atoms with Crippen LogP contribution in [0.1, 0.15) is 26.2 Å². The average molecular weight is 262 g/mol. The van der Waals surface area contributed by atoms with Gasteiger partial charge in [0.1, 0.15) is 5.76 Å². The molecule has 0 aromatic rings. The molecule has 3 aliphatic rings. The van der Waals surface area contributed by atoms with Crippen LogP contribution < -0.4 is 0 Å². The highest BCUT2D eigenvalue weighted by Gasteiger charge is 2.49. The first kappa shape index (κ1) is 12.1. The van der Waals surface area contributed by atoms with Crippen LogP contribution in [0.15, 0.2) is 23.5 Å². The predicted octanol–water partition coefficient (Wildman–Crippen LogP) is 1.49. The second-order valence-corrected chi connectivity index (χ2v) is 5.29. The Balaban J connectivity index is 1.97. The number of hydrogen-bond acceptors (Lipinski definition) is 5. The molecular weight excluding hydrogens is 248 g/mol. The second kappa shape index (κ2) is 4.05. The number of ether oxygens (including phenoxy) is 2. The molecule has 0 amide bonds. The highest BCUT2D eigenvalue weighted by Crippen LogP contribution is 2.45. The fraction of sp³-hybridized carbons (Fsp3) is 0.500.